The average molecular weight is 260 g/mol. The first-order valence-electron chi connectivity index (χ1n) is 7.28. The van der Waals surface area contributed by atoms with Gasteiger partial charge in [-0.3, -0.25) is 4.79 Å². The number of hydrogen-bond donors (Lipinski definition) is 1. The van der Waals surface area contributed by atoms with Gasteiger partial charge >= 0.3 is 0 Å². The van der Waals surface area contributed by atoms with Gasteiger partial charge < -0.3 is 10.2 Å². The van der Waals surface area contributed by atoms with Crippen molar-refractivity contribution in [3.05, 3.63) is 24.3 Å². The highest BCUT2D eigenvalue weighted by Gasteiger charge is 2.21. The highest BCUT2D eigenvalue weighted by atomic mass is 16.2. The summed E-state index contributed by atoms with van der Waals surface area (Å²) in [5.41, 5.74) is 2.13. The van der Waals surface area contributed by atoms with E-state index >= 15 is 0 Å². The SMILES string of the molecule is CCC(Nc1cccc(N2CCCC2=O)c1)C(C)C. The van der Waals surface area contributed by atoms with Crippen molar-refractivity contribution in [2.75, 3.05) is 16.8 Å². The first-order chi connectivity index (χ1) is 9.11. The fraction of sp³-hybridized carbons (Fsp3) is 0.562. The third-order valence-electron chi connectivity index (χ3n) is 3.83. The summed E-state index contributed by atoms with van der Waals surface area (Å²) in [7, 11) is 0. The van der Waals surface area contributed by atoms with Crippen LogP contribution < -0.4 is 10.2 Å². The van der Waals surface area contributed by atoms with Crippen LogP contribution >= 0.6 is 0 Å². The molecular weight excluding hydrogens is 236 g/mol. The fourth-order valence-electron chi connectivity index (χ4n) is 2.64. The molecule has 1 amide bonds. The summed E-state index contributed by atoms with van der Waals surface area (Å²) in [6.07, 6.45) is 2.76. The second-order valence-corrected chi connectivity index (χ2v) is 5.60. The highest BCUT2D eigenvalue weighted by Crippen LogP contribution is 2.25. The molecule has 0 aromatic heterocycles. The van der Waals surface area contributed by atoms with Crippen LogP contribution in [0.2, 0.25) is 0 Å². The number of carbonyl (C=O) groups is 1. The van der Waals surface area contributed by atoms with Gasteiger partial charge in [-0.2, -0.15) is 0 Å². The molecule has 1 fully saturated rings. The summed E-state index contributed by atoms with van der Waals surface area (Å²) in [5.74, 6) is 0.843. The molecule has 0 bridgehead atoms. The molecule has 1 aliphatic rings. The monoisotopic (exact) mass is 260 g/mol. The molecule has 1 aliphatic heterocycles. The van der Waals surface area contributed by atoms with E-state index in [0.717, 1.165) is 30.8 Å². The van der Waals surface area contributed by atoms with Crippen LogP contribution in [0.5, 0.6) is 0 Å². The Kier molecular flexibility index (Phi) is 4.46. The number of anilines is 2. The van der Waals surface area contributed by atoms with Gasteiger partial charge in [0.1, 0.15) is 0 Å². The van der Waals surface area contributed by atoms with Crippen molar-refractivity contribution in [2.24, 2.45) is 5.92 Å². The lowest BCUT2D eigenvalue weighted by molar-refractivity contribution is -0.117. The first kappa shape index (κ1) is 13.9. The molecule has 3 nitrogen and oxygen atoms in total. The molecular formula is C16H24N2O. The van der Waals surface area contributed by atoms with Gasteiger partial charge in [-0.05, 0) is 37.0 Å². The molecule has 1 atom stereocenters. The molecule has 19 heavy (non-hydrogen) atoms. The van der Waals surface area contributed by atoms with Crippen LogP contribution in [0.15, 0.2) is 24.3 Å². The molecule has 0 saturated carbocycles. The van der Waals surface area contributed by atoms with Gasteiger partial charge in [-0.1, -0.05) is 26.8 Å². The van der Waals surface area contributed by atoms with Crippen molar-refractivity contribution in [3.8, 4) is 0 Å². The molecule has 104 valence electrons. The fourth-order valence-corrected chi connectivity index (χ4v) is 2.64. The lowest BCUT2D eigenvalue weighted by Crippen LogP contribution is -2.26. The number of carbonyl (C=O) groups excluding carboxylic acids is 1. The van der Waals surface area contributed by atoms with E-state index < -0.39 is 0 Å². The molecule has 1 saturated heterocycles. The molecule has 0 spiro atoms. The number of nitrogens with one attached hydrogen (secondary N) is 1. The maximum Gasteiger partial charge on any atom is 0.227 e. The van der Waals surface area contributed by atoms with E-state index in [1.54, 1.807) is 0 Å². The molecule has 1 N–H and O–H groups in total. The van der Waals surface area contributed by atoms with Crippen LogP contribution in [-0.4, -0.2) is 18.5 Å². The minimum absolute atomic E-state index is 0.244. The Morgan fingerprint density at radius 1 is 1.37 bits per heavy atom. The zero-order chi connectivity index (χ0) is 13.8. The van der Waals surface area contributed by atoms with Gasteiger partial charge in [0.15, 0.2) is 0 Å². The maximum absolute atomic E-state index is 11.8. The minimum Gasteiger partial charge on any atom is -0.382 e. The molecule has 1 aromatic carbocycles. The van der Waals surface area contributed by atoms with E-state index in [9.17, 15) is 4.79 Å². The number of nitrogens with zero attached hydrogens (tertiary/aromatic N) is 1. The van der Waals surface area contributed by atoms with E-state index in [1.165, 1.54) is 0 Å². The van der Waals surface area contributed by atoms with E-state index in [4.69, 9.17) is 0 Å². The van der Waals surface area contributed by atoms with Gasteiger partial charge in [0.25, 0.3) is 0 Å². The second kappa shape index (κ2) is 6.09. The van der Waals surface area contributed by atoms with Gasteiger partial charge in [-0.25, -0.2) is 0 Å². The van der Waals surface area contributed by atoms with Crippen molar-refractivity contribution >= 4 is 17.3 Å². The number of rotatable bonds is 5. The predicted octanol–water partition coefficient (Wildman–Crippen LogP) is 3.66. The Morgan fingerprint density at radius 3 is 2.74 bits per heavy atom. The topological polar surface area (TPSA) is 32.3 Å². The zero-order valence-corrected chi connectivity index (χ0v) is 12.1. The first-order valence-corrected chi connectivity index (χ1v) is 7.28. The minimum atomic E-state index is 0.244. The van der Waals surface area contributed by atoms with Gasteiger partial charge in [0, 0.05) is 30.4 Å². The second-order valence-electron chi connectivity index (χ2n) is 5.60. The maximum atomic E-state index is 11.8. The average Bonchev–Trinajstić information content (AvgIpc) is 2.82. The summed E-state index contributed by atoms with van der Waals surface area (Å²) in [5, 5.41) is 3.57. The van der Waals surface area contributed by atoms with Crippen molar-refractivity contribution in [1.82, 2.24) is 0 Å². The van der Waals surface area contributed by atoms with Gasteiger partial charge in [-0.15, -0.1) is 0 Å². The zero-order valence-electron chi connectivity index (χ0n) is 12.1. The van der Waals surface area contributed by atoms with E-state index in [1.807, 2.05) is 17.0 Å². The quantitative estimate of drug-likeness (QED) is 0.876. The normalized spacial score (nSPS) is 17.1. The number of hydrogen-bond acceptors (Lipinski definition) is 2. The van der Waals surface area contributed by atoms with Crippen molar-refractivity contribution in [3.63, 3.8) is 0 Å². The summed E-state index contributed by atoms with van der Waals surface area (Å²) in [6.45, 7) is 7.51. The van der Waals surface area contributed by atoms with Crippen molar-refractivity contribution in [2.45, 2.75) is 46.1 Å². The van der Waals surface area contributed by atoms with E-state index in [2.05, 4.69) is 38.2 Å². The summed E-state index contributed by atoms with van der Waals surface area (Å²) in [6, 6.07) is 8.69. The van der Waals surface area contributed by atoms with Crippen molar-refractivity contribution < 1.29 is 4.79 Å². The molecule has 2 rings (SSSR count). The van der Waals surface area contributed by atoms with E-state index in [-0.39, 0.29) is 5.91 Å². The Hall–Kier alpha value is -1.51. The Bertz CT molecular complexity index is 442. The van der Waals surface area contributed by atoms with Crippen LogP contribution in [0.1, 0.15) is 40.0 Å². The van der Waals surface area contributed by atoms with E-state index in [0.29, 0.717) is 18.4 Å². The summed E-state index contributed by atoms with van der Waals surface area (Å²) < 4.78 is 0. The molecule has 1 unspecified atom stereocenters. The smallest absolute Gasteiger partial charge is 0.227 e. The van der Waals surface area contributed by atoms with Crippen LogP contribution in [-0.2, 0) is 4.79 Å². The predicted molar refractivity (Wildman–Crippen MR) is 80.6 cm³/mol. The third-order valence-corrected chi connectivity index (χ3v) is 3.83. The highest BCUT2D eigenvalue weighted by molar-refractivity contribution is 5.95. The number of benzene rings is 1. The van der Waals surface area contributed by atoms with Gasteiger partial charge in [0.2, 0.25) is 5.91 Å². The van der Waals surface area contributed by atoms with Gasteiger partial charge in [0.05, 0.1) is 0 Å². The lowest BCUT2D eigenvalue weighted by atomic mass is 10.0. The summed E-state index contributed by atoms with van der Waals surface area (Å²) in [4.78, 5) is 13.7. The molecule has 0 aliphatic carbocycles. The molecule has 1 aromatic rings. The number of amides is 1. The Labute approximate surface area is 116 Å². The molecule has 1 heterocycles. The Balaban J connectivity index is 2.12. The largest absolute Gasteiger partial charge is 0.382 e. The molecule has 0 radical (unpaired) electrons. The summed E-state index contributed by atoms with van der Waals surface area (Å²) >= 11 is 0. The standard InChI is InChI=1S/C16H24N2O/c1-4-15(12(2)3)17-13-7-5-8-14(11-13)18-10-6-9-16(18)19/h5,7-8,11-12,15,17H,4,6,9-10H2,1-3H3. The Morgan fingerprint density at radius 2 is 2.16 bits per heavy atom. The van der Waals surface area contributed by atoms with Crippen LogP contribution in [0.3, 0.4) is 0 Å². The lowest BCUT2D eigenvalue weighted by Gasteiger charge is -2.23. The molecule has 3 heteroatoms. The third kappa shape index (κ3) is 3.28. The van der Waals surface area contributed by atoms with Crippen LogP contribution in [0.4, 0.5) is 11.4 Å². The van der Waals surface area contributed by atoms with Crippen LogP contribution in [0, 0.1) is 5.92 Å². The van der Waals surface area contributed by atoms with Crippen LogP contribution in [0.25, 0.3) is 0 Å². The van der Waals surface area contributed by atoms with Crippen molar-refractivity contribution in [1.29, 1.82) is 0 Å².